The Balaban J connectivity index is 2.58. The fourth-order valence-electron chi connectivity index (χ4n) is 1.80. The van der Waals surface area contributed by atoms with Crippen molar-refractivity contribution in [2.24, 2.45) is 11.8 Å². The van der Waals surface area contributed by atoms with E-state index in [0.29, 0.717) is 11.3 Å². The highest BCUT2D eigenvalue weighted by Crippen LogP contribution is 2.21. The lowest BCUT2D eigenvalue weighted by Gasteiger charge is -2.14. The summed E-state index contributed by atoms with van der Waals surface area (Å²) in [5.74, 6) is -1.09. The zero-order chi connectivity index (χ0) is 15.3. The van der Waals surface area contributed by atoms with E-state index < -0.39 is 11.9 Å². The van der Waals surface area contributed by atoms with Gasteiger partial charge in [-0.05, 0) is 12.3 Å². The van der Waals surface area contributed by atoms with Gasteiger partial charge in [-0.1, -0.05) is 27.7 Å². The van der Waals surface area contributed by atoms with Crippen molar-refractivity contribution < 1.29 is 14.7 Å². The molecule has 0 bridgehead atoms. The van der Waals surface area contributed by atoms with E-state index in [1.54, 1.807) is 6.20 Å². The van der Waals surface area contributed by atoms with Crippen LogP contribution in [0, 0.1) is 11.8 Å². The summed E-state index contributed by atoms with van der Waals surface area (Å²) in [5.41, 5.74) is 0. The van der Waals surface area contributed by atoms with Gasteiger partial charge in [0.05, 0.1) is 17.1 Å². The second-order valence-electron chi connectivity index (χ2n) is 5.59. The van der Waals surface area contributed by atoms with Crippen LogP contribution in [-0.2, 0) is 4.79 Å². The highest BCUT2D eigenvalue weighted by Gasteiger charge is 2.20. The molecule has 0 aliphatic carbocycles. The number of nitrogens with one attached hydrogen (secondary N) is 1. The topological polar surface area (TPSA) is 79.3 Å². The zero-order valence-corrected chi connectivity index (χ0v) is 13.2. The molecule has 6 heteroatoms. The number of amides is 1. The van der Waals surface area contributed by atoms with Crippen LogP contribution in [0.4, 0.5) is 0 Å². The number of rotatable bonds is 7. The SMILES string of the molecule is CC(C)CC(CNC(=O)c1cnc(C(C)C)s1)C(=O)O. The Labute approximate surface area is 123 Å². The first-order valence-corrected chi connectivity index (χ1v) is 7.59. The molecule has 1 unspecified atom stereocenters. The Morgan fingerprint density at radius 1 is 1.35 bits per heavy atom. The molecule has 0 aromatic carbocycles. The standard InChI is InChI=1S/C14H22N2O3S/c1-8(2)5-10(14(18)19)6-15-12(17)11-7-16-13(20-11)9(3)4/h7-10H,5-6H2,1-4H3,(H,15,17)(H,18,19). The maximum absolute atomic E-state index is 12.0. The first-order valence-electron chi connectivity index (χ1n) is 6.78. The quantitative estimate of drug-likeness (QED) is 0.811. The largest absolute Gasteiger partial charge is 0.481 e. The van der Waals surface area contributed by atoms with Gasteiger partial charge in [-0.2, -0.15) is 0 Å². The number of aromatic nitrogens is 1. The third-order valence-corrected chi connectivity index (χ3v) is 4.15. The second kappa shape index (κ2) is 7.38. The van der Waals surface area contributed by atoms with Gasteiger partial charge in [-0.25, -0.2) is 4.98 Å². The predicted molar refractivity (Wildman–Crippen MR) is 79.1 cm³/mol. The minimum atomic E-state index is -0.869. The van der Waals surface area contributed by atoms with E-state index in [-0.39, 0.29) is 24.3 Å². The maximum atomic E-state index is 12.0. The third-order valence-electron chi connectivity index (χ3n) is 2.86. The molecule has 0 fully saturated rings. The number of hydrogen-bond donors (Lipinski definition) is 2. The van der Waals surface area contributed by atoms with Crippen LogP contribution >= 0.6 is 11.3 Å². The third kappa shape index (κ3) is 4.92. The molecule has 1 aromatic rings. The van der Waals surface area contributed by atoms with E-state index in [9.17, 15) is 9.59 Å². The molecule has 1 heterocycles. The summed E-state index contributed by atoms with van der Waals surface area (Å²) < 4.78 is 0. The van der Waals surface area contributed by atoms with Crippen molar-refractivity contribution in [1.82, 2.24) is 10.3 Å². The van der Waals surface area contributed by atoms with Gasteiger partial charge >= 0.3 is 5.97 Å². The highest BCUT2D eigenvalue weighted by atomic mass is 32.1. The Bertz CT molecular complexity index is 469. The number of hydrogen-bond acceptors (Lipinski definition) is 4. The van der Waals surface area contributed by atoms with Gasteiger partial charge in [0.15, 0.2) is 0 Å². The lowest BCUT2D eigenvalue weighted by molar-refractivity contribution is -0.142. The summed E-state index contributed by atoms with van der Waals surface area (Å²) >= 11 is 1.35. The van der Waals surface area contributed by atoms with Gasteiger partial charge in [0, 0.05) is 12.5 Å². The molecule has 112 valence electrons. The van der Waals surface area contributed by atoms with Gasteiger partial charge in [0.1, 0.15) is 4.88 Å². The van der Waals surface area contributed by atoms with Gasteiger partial charge in [-0.15, -0.1) is 11.3 Å². The maximum Gasteiger partial charge on any atom is 0.308 e. The van der Waals surface area contributed by atoms with Crippen molar-refractivity contribution in [2.45, 2.75) is 40.0 Å². The average molecular weight is 298 g/mol. The number of aliphatic carboxylic acids is 1. The zero-order valence-electron chi connectivity index (χ0n) is 12.3. The van der Waals surface area contributed by atoms with Crippen LogP contribution in [0.5, 0.6) is 0 Å². The number of thiazole rings is 1. The number of carbonyl (C=O) groups is 2. The Kier molecular flexibility index (Phi) is 6.13. The molecule has 0 saturated carbocycles. The van der Waals surface area contributed by atoms with Crippen LogP contribution < -0.4 is 5.32 Å². The molecule has 5 nitrogen and oxygen atoms in total. The lowest BCUT2D eigenvalue weighted by atomic mass is 9.97. The van der Waals surface area contributed by atoms with Crippen molar-refractivity contribution in [3.8, 4) is 0 Å². The molecule has 1 aromatic heterocycles. The number of nitrogens with zero attached hydrogens (tertiary/aromatic N) is 1. The fourth-order valence-corrected chi connectivity index (χ4v) is 2.64. The van der Waals surface area contributed by atoms with E-state index in [1.165, 1.54) is 11.3 Å². The van der Waals surface area contributed by atoms with Crippen LogP contribution in [0.25, 0.3) is 0 Å². The van der Waals surface area contributed by atoms with Crippen LogP contribution in [-0.4, -0.2) is 28.5 Å². The molecule has 2 N–H and O–H groups in total. The van der Waals surface area contributed by atoms with E-state index in [4.69, 9.17) is 5.11 Å². The summed E-state index contributed by atoms with van der Waals surface area (Å²) in [6.45, 7) is 8.13. The minimum absolute atomic E-state index is 0.154. The summed E-state index contributed by atoms with van der Waals surface area (Å²) in [6.07, 6.45) is 2.10. The summed E-state index contributed by atoms with van der Waals surface area (Å²) in [6, 6.07) is 0. The molecule has 1 rings (SSSR count). The Hall–Kier alpha value is -1.43. The molecule has 1 atom stereocenters. The monoisotopic (exact) mass is 298 g/mol. The number of carboxylic acid groups (broad SMARTS) is 1. The van der Waals surface area contributed by atoms with Gasteiger partial charge < -0.3 is 10.4 Å². The Morgan fingerprint density at radius 3 is 2.45 bits per heavy atom. The summed E-state index contributed by atoms with van der Waals surface area (Å²) in [4.78, 5) is 27.8. The number of carboxylic acids is 1. The Morgan fingerprint density at radius 2 is 2.00 bits per heavy atom. The molecule has 1 amide bonds. The van der Waals surface area contributed by atoms with Crippen LogP contribution in [0.2, 0.25) is 0 Å². The van der Waals surface area contributed by atoms with E-state index >= 15 is 0 Å². The van der Waals surface area contributed by atoms with Crippen molar-refractivity contribution >= 4 is 23.2 Å². The summed E-state index contributed by atoms with van der Waals surface area (Å²) in [7, 11) is 0. The highest BCUT2D eigenvalue weighted by molar-refractivity contribution is 7.13. The molecule has 0 spiro atoms. The smallest absolute Gasteiger partial charge is 0.308 e. The summed E-state index contributed by atoms with van der Waals surface area (Å²) in [5, 5.41) is 12.7. The van der Waals surface area contributed by atoms with E-state index in [0.717, 1.165) is 5.01 Å². The van der Waals surface area contributed by atoms with Gasteiger partial charge in [0.2, 0.25) is 0 Å². The second-order valence-corrected chi connectivity index (χ2v) is 6.65. The first-order chi connectivity index (χ1) is 9.31. The van der Waals surface area contributed by atoms with E-state index in [1.807, 2.05) is 27.7 Å². The first kappa shape index (κ1) is 16.6. The van der Waals surface area contributed by atoms with Gasteiger partial charge in [-0.3, -0.25) is 9.59 Å². The predicted octanol–water partition coefficient (Wildman–Crippen LogP) is 2.74. The molecule has 0 aliphatic rings. The van der Waals surface area contributed by atoms with Crippen molar-refractivity contribution in [3.63, 3.8) is 0 Å². The molecule has 0 aliphatic heterocycles. The van der Waals surface area contributed by atoms with Crippen LogP contribution in [0.15, 0.2) is 6.20 Å². The van der Waals surface area contributed by atoms with Crippen molar-refractivity contribution in [1.29, 1.82) is 0 Å². The van der Waals surface area contributed by atoms with Crippen molar-refractivity contribution in [2.75, 3.05) is 6.54 Å². The molecular weight excluding hydrogens is 276 g/mol. The van der Waals surface area contributed by atoms with E-state index in [2.05, 4.69) is 10.3 Å². The minimum Gasteiger partial charge on any atom is -0.481 e. The lowest BCUT2D eigenvalue weighted by Crippen LogP contribution is -2.33. The molecule has 0 saturated heterocycles. The van der Waals surface area contributed by atoms with Crippen LogP contribution in [0.1, 0.15) is 54.7 Å². The fraction of sp³-hybridized carbons (Fsp3) is 0.643. The van der Waals surface area contributed by atoms with Gasteiger partial charge in [0.25, 0.3) is 5.91 Å². The number of carbonyl (C=O) groups excluding carboxylic acids is 1. The molecule has 20 heavy (non-hydrogen) atoms. The normalized spacial score (nSPS) is 12.7. The molecular formula is C14H22N2O3S. The average Bonchev–Trinajstić information content (AvgIpc) is 2.82. The molecule has 0 radical (unpaired) electrons. The van der Waals surface area contributed by atoms with Crippen molar-refractivity contribution in [3.05, 3.63) is 16.1 Å². The van der Waals surface area contributed by atoms with Crippen LogP contribution in [0.3, 0.4) is 0 Å².